The quantitative estimate of drug-likeness (QED) is 0.670. The van der Waals surface area contributed by atoms with E-state index in [1.54, 1.807) is 0 Å². The highest BCUT2D eigenvalue weighted by Crippen LogP contribution is 2.23. The fraction of sp³-hybridized carbons (Fsp3) is 0.889. The first kappa shape index (κ1) is 9.34. The van der Waals surface area contributed by atoms with Crippen LogP contribution in [0.3, 0.4) is 0 Å². The Kier molecular flexibility index (Phi) is 3.11. The standard InChI is InChI=1S/C9H16N2OS/c12-9(7-2-4-13-6-7)11-8-1-3-10-5-8/h7-8,10H,1-6H2,(H,11,12)/t7?,8-/m0/s1. The van der Waals surface area contributed by atoms with Gasteiger partial charge in [0.1, 0.15) is 0 Å². The number of thioether (sulfide) groups is 1. The highest BCUT2D eigenvalue weighted by Gasteiger charge is 2.25. The normalized spacial score (nSPS) is 33.5. The van der Waals surface area contributed by atoms with Crippen molar-refractivity contribution in [1.29, 1.82) is 0 Å². The van der Waals surface area contributed by atoms with Crippen LogP contribution in [0, 0.1) is 5.92 Å². The predicted molar refractivity (Wildman–Crippen MR) is 54.8 cm³/mol. The molecule has 2 rings (SSSR count). The van der Waals surface area contributed by atoms with Crippen molar-refractivity contribution < 1.29 is 4.79 Å². The summed E-state index contributed by atoms with van der Waals surface area (Å²) in [7, 11) is 0. The number of hydrogen-bond donors (Lipinski definition) is 2. The molecule has 2 fully saturated rings. The van der Waals surface area contributed by atoms with Crippen LogP contribution in [-0.4, -0.2) is 36.5 Å². The molecule has 2 aliphatic rings. The van der Waals surface area contributed by atoms with Gasteiger partial charge in [-0.05, 0) is 25.1 Å². The van der Waals surface area contributed by atoms with Crippen molar-refractivity contribution in [3.63, 3.8) is 0 Å². The highest BCUT2D eigenvalue weighted by molar-refractivity contribution is 7.99. The summed E-state index contributed by atoms with van der Waals surface area (Å²) in [6, 6.07) is 0.387. The lowest BCUT2D eigenvalue weighted by molar-refractivity contribution is -0.124. The summed E-state index contributed by atoms with van der Waals surface area (Å²) < 4.78 is 0. The van der Waals surface area contributed by atoms with E-state index in [1.165, 1.54) is 0 Å². The van der Waals surface area contributed by atoms with Crippen LogP contribution in [0.2, 0.25) is 0 Å². The van der Waals surface area contributed by atoms with Gasteiger partial charge in [0, 0.05) is 24.3 Å². The van der Waals surface area contributed by atoms with Gasteiger partial charge in [-0.3, -0.25) is 4.79 Å². The van der Waals surface area contributed by atoms with Gasteiger partial charge in [-0.1, -0.05) is 0 Å². The number of rotatable bonds is 2. The van der Waals surface area contributed by atoms with Gasteiger partial charge in [0.2, 0.25) is 5.91 Å². The lowest BCUT2D eigenvalue weighted by Crippen LogP contribution is -2.40. The Balaban J connectivity index is 1.76. The zero-order valence-corrected chi connectivity index (χ0v) is 8.53. The SMILES string of the molecule is O=C(N[C@H]1CCNC1)C1CCSC1. The molecule has 2 aliphatic heterocycles. The van der Waals surface area contributed by atoms with E-state index in [0.29, 0.717) is 6.04 Å². The number of carbonyl (C=O) groups excluding carboxylic acids is 1. The molecule has 0 aromatic carbocycles. The fourth-order valence-electron chi connectivity index (χ4n) is 1.84. The number of hydrogen-bond acceptors (Lipinski definition) is 3. The molecule has 3 nitrogen and oxygen atoms in total. The Morgan fingerprint density at radius 3 is 3.00 bits per heavy atom. The molecule has 4 heteroatoms. The van der Waals surface area contributed by atoms with Crippen LogP contribution in [0.15, 0.2) is 0 Å². The van der Waals surface area contributed by atoms with Crippen molar-refractivity contribution in [2.24, 2.45) is 5.92 Å². The third-order valence-electron chi connectivity index (χ3n) is 2.71. The van der Waals surface area contributed by atoms with Gasteiger partial charge >= 0.3 is 0 Å². The average molecular weight is 200 g/mol. The Bertz CT molecular complexity index is 186. The summed E-state index contributed by atoms with van der Waals surface area (Å²) in [5.41, 5.74) is 0. The molecule has 0 aromatic rings. The fourth-order valence-corrected chi connectivity index (χ4v) is 3.06. The second-order valence-electron chi connectivity index (χ2n) is 3.76. The van der Waals surface area contributed by atoms with Crippen molar-refractivity contribution in [2.75, 3.05) is 24.6 Å². The van der Waals surface area contributed by atoms with Crippen molar-refractivity contribution >= 4 is 17.7 Å². The van der Waals surface area contributed by atoms with Crippen molar-refractivity contribution in [1.82, 2.24) is 10.6 Å². The topological polar surface area (TPSA) is 41.1 Å². The molecule has 0 saturated carbocycles. The molecule has 0 aliphatic carbocycles. The molecule has 0 radical (unpaired) electrons. The summed E-state index contributed by atoms with van der Waals surface area (Å²) in [6.07, 6.45) is 2.16. The molecule has 2 N–H and O–H groups in total. The summed E-state index contributed by atoms with van der Waals surface area (Å²) in [5, 5.41) is 6.35. The van der Waals surface area contributed by atoms with Crippen molar-refractivity contribution in [3.05, 3.63) is 0 Å². The van der Waals surface area contributed by atoms with Gasteiger partial charge in [0.15, 0.2) is 0 Å². The summed E-state index contributed by atoms with van der Waals surface area (Å²) in [6.45, 7) is 2.00. The number of amides is 1. The lowest BCUT2D eigenvalue weighted by Gasteiger charge is -2.14. The third-order valence-corrected chi connectivity index (χ3v) is 3.87. The van der Waals surface area contributed by atoms with E-state index in [1.807, 2.05) is 11.8 Å². The molecule has 2 saturated heterocycles. The maximum Gasteiger partial charge on any atom is 0.224 e. The van der Waals surface area contributed by atoms with Crippen LogP contribution in [0.25, 0.3) is 0 Å². The first-order chi connectivity index (χ1) is 6.36. The predicted octanol–water partition coefficient (Wildman–Crippen LogP) is 0.218. The molecule has 0 aromatic heterocycles. The van der Waals surface area contributed by atoms with E-state index >= 15 is 0 Å². The summed E-state index contributed by atoms with van der Waals surface area (Å²) in [4.78, 5) is 11.6. The Labute approximate surface area is 83.0 Å². The Morgan fingerprint density at radius 1 is 1.46 bits per heavy atom. The summed E-state index contributed by atoms with van der Waals surface area (Å²) >= 11 is 1.89. The van der Waals surface area contributed by atoms with E-state index < -0.39 is 0 Å². The smallest absolute Gasteiger partial charge is 0.224 e. The molecule has 13 heavy (non-hydrogen) atoms. The molecule has 0 spiro atoms. The molecule has 0 bridgehead atoms. The number of nitrogens with one attached hydrogen (secondary N) is 2. The zero-order valence-electron chi connectivity index (χ0n) is 7.71. The van der Waals surface area contributed by atoms with Crippen molar-refractivity contribution in [2.45, 2.75) is 18.9 Å². The molecule has 74 valence electrons. The Hall–Kier alpha value is -0.220. The Morgan fingerprint density at radius 2 is 2.38 bits per heavy atom. The molecular formula is C9H16N2OS. The number of carbonyl (C=O) groups is 1. The highest BCUT2D eigenvalue weighted by atomic mass is 32.2. The molecular weight excluding hydrogens is 184 g/mol. The van der Waals surface area contributed by atoms with Crippen LogP contribution < -0.4 is 10.6 Å². The van der Waals surface area contributed by atoms with Crippen LogP contribution in [0.1, 0.15) is 12.8 Å². The van der Waals surface area contributed by atoms with E-state index in [4.69, 9.17) is 0 Å². The van der Waals surface area contributed by atoms with Crippen LogP contribution in [0.4, 0.5) is 0 Å². The van der Waals surface area contributed by atoms with Gasteiger partial charge in [-0.25, -0.2) is 0 Å². The minimum absolute atomic E-state index is 0.277. The third kappa shape index (κ3) is 2.38. The van der Waals surface area contributed by atoms with Gasteiger partial charge in [0.25, 0.3) is 0 Å². The maximum absolute atomic E-state index is 11.6. The van der Waals surface area contributed by atoms with E-state index in [2.05, 4.69) is 10.6 Å². The van der Waals surface area contributed by atoms with E-state index in [-0.39, 0.29) is 11.8 Å². The molecule has 2 heterocycles. The van der Waals surface area contributed by atoms with Gasteiger partial charge in [0.05, 0.1) is 0 Å². The van der Waals surface area contributed by atoms with E-state index in [9.17, 15) is 4.79 Å². The minimum Gasteiger partial charge on any atom is -0.352 e. The lowest BCUT2D eigenvalue weighted by atomic mass is 10.1. The van der Waals surface area contributed by atoms with Crippen LogP contribution in [-0.2, 0) is 4.79 Å². The maximum atomic E-state index is 11.6. The minimum atomic E-state index is 0.277. The van der Waals surface area contributed by atoms with Crippen molar-refractivity contribution in [3.8, 4) is 0 Å². The average Bonchev–Trinajstić information content (AvgIpc) is 2.74. The van der Waals surface area contributed by atoms with Gasteiger partial charge in [-0.15, -0.1) is 0 Å². The largest absolute Gasteiger partial charge is 0.352 e. The second kappa shape index (κ2) is 4.33. The summed E-state index contributed by atoms with van der Waals surface area (Å²) in [5.74, 6) is 2.73. The van der Waals surface area contributed by atoms with Gasteiger partial charge < -0.3 is 10.6 Å². The zero-order chi connectivity index (χ0) is 9.10. The van der Waals surface area contributed by atoms with Crippen LogP contribution >= 0.6 is 11.8 Å². The molecule has 1 amide bonds. The monoisotopic (exact) mass is 200 g/mol. The van der Waals surface area contributed by atoms with Gasteiger partial charge in [-0.2, -0.15) is 11.8 Å². The first-order valence-electron chi connectivity index (χ1n) is 4.95. The van der Waals surface area contributed by atoms with Crippen LogP contribution in [0.5, 0.6) is 0 Å². The molecule has 2 atom stereocenters. The molecule has 1 unspecified atom stereocenters. The first-order valence-corrected chi connectivity index (χ1v) is 6.10. The van der Waals surface area contributed by atoms with E-state index in [0.717, 1.165) is 37.4 Å². The second-order valence-corrected chi connectivity index (χ2v) is 4.91.